The number of nitrogens with two attached hydrogens (primary N) is 1. The van der Waals surface area contributed by atoms with Gasteiger partial charge in [-0.15, -0.1) is 5.10 Å². The largest absolute Gasteiger partial charge is 0.327 e. The minimum absolute atomic E-state index is 0.0532. The number of fused-ring (bicyclic) bond motifs is 1. The molecule has 0 aliphatic carbocycles. The summed E-state index contributed by atoms with van der Waals surface area (Å²) < 4.78 is 1.71. The Morgan fingerprint density at radius 2 is 1.90 bits per heavy atom. The van der Waals surface area contributed by atoms with Crippen LogP contribution in [0.1, 0.15) is 11.3 Å². The molecule has 20 heavy (non-hydrogen) atoms. The molecule has 0 saturated heterocycles. The number of hydrogen-bond acceptors (Lipinski definition) is 3. The molecular formula is C16H18N4. The van der Waals surface area contributed by atoms with Crippen LogP contribution in [0.3, 0.4) is 0 Å². The maximum Gasteiger partial charge on any atom is 0.0842 e. The van der Waals surface area contributed by atoms with Crippen LogP contribution in [0.5, 0.6) is 0 Å². The van der Waals surface area contributed by atoms with E-state index in [0.717, 1.165) is 18.5 Å². The second kappa shape index (κ2) is 5.43. The fraction of sp³-hybridized carbons (Fsp3) is 0.250. The molecule has 1 aromatic heterocycles. The number of rotatable bonds is 4. The zero-order valence-corrected chi connectivity index (χ0v) is 11.5. The fourth-order valence-corrected chi connectivity index (χ4v) is 2.58. The van der Waals surface area contributed by atoms with Crippen molar-refractivity contribution in [1.29, 1.82) is 0 Å². The molecule has 2 aromatic carbocycles. The molecule has 1 heterocycles. The average molecular weight is 266 g/mol. The van der Waals surface area contributed by atoms with E-state index in [1.54, 1.807) is 4.68 Å². The zero-order chi connectivity index (χ0) is 13.9. The molecule has 0 aliphatic rings. The van der Waals surface area contributed by atoms with Crippen LogP contribution in [0.2, 0.25) is 0 Å². The van der Waals surface area contributed by atoms with Crippen LogP contribution in [0, 0.1) is 0 Å². The van der Waals surface area contributed by atoms with Gasteiger partial charge in [-0.1, -0.05) is 47.7 Å². The van der Waals surface area contributed by atoms with Gasteiger partial charge in [0.1, 0.15) is 0 Å². The fourth-order valence-electron chi connectivity index (χ4n) is 2.58. The summed E-state index contributed by atoms with van der Waals surface area (Å²) in [5, 5.41) is 10.6. The predicted octanol–water partition coefficient (Wildman–Crippen LogP) is 2.08. The second-order valence-corrected chi connectivity index (χ2v) is 5.19. The van der Waals surface area contributed by atoms with Gasteiger partial charge in [-0.25, -0.2) is 0 Å². The van der Waals surface area contributed by atoms with E-state index in [1.165, 1.54) is 16.3 Å². The average Bonchev–Trinajstić information content (AvgIpc) is 2.84. The molecule has 4 nitrogen and oxygen atoms in total. The van der Waals surface area contributed by atoms with Gasteiger partial charge in [-0.3, -0.25) is 4.68 Å². The maximum absolute atomic E-state index is 6.26. The van der Waals surface area contributed by atoms with Gasteiger partial charge in [-0.2, -0.15) is 0 Å². The number of aromatic nitrogens is 3. The van der Waals surface area contributed by atoms with E-state index in [1.807, 2.05) is 13.2 Å². The van der Waals surface area contributed by atoms with Gasteiger partial charge < -0.3 is 5.73 Å². The van der Waals surface area contributed by atoms with Crippen LogP contribution in [0.4, 0.5) is 0 Å². The van der Waals surface area contributed by atoms with Crippen molar-refractivity contribution in [3.63, 3.8) is 0 Å². The Labute approximate surface area is 118 Å². The Hall–Kier alpha value is -2.20. The van der Waals surface area contributed by atoms with Gasteiger partial charge >= 0.3 is 0 Å². The Balaban J connectivity index is 1.79. The van der Waals surface area contributed by atoms with Crippen molar-refractivity contribution in [3.05, 3.63) is 59.9 Å². The van der Waals surface area contributed by atoms with E-state index in [4.69, 9.17) is 5.73 Å². The van der Waals surface area contributed by atoms with Crippen molar-refractivity contribution in [2.75, 3.05) is 0 Å². The molecule has 4 heteroatoms. The molecule has 3 aromatic rings. The molecule has 0 fully saturated rings. The molecule has 0 amide bonds. The van der Waals surface area contributed by atoms with E-state index in [2.05, 4.69) is 52.8 Å². The molecule has 0 spiro atoms. The Morgan fingerprint density at radius 1 is 1.10 bits per heavy atom. The molecular weight excluding hydrogens is 248 g/mol. The number of nitrogens with zero attached hydrogens (tertiary/aromatic N) is 3. The minimum atomic E-state index is 0.0532. The van der Waals surface area contributed by atoms with Crippen molar-refractivity contribution < 1.29 is 0 Å². The Kier molecular flexibility index (Phi) is 3.48. The Morgan fingerprint density at radius 3 is 2.70 bits per heavy atom. The highest BCUT2D eigenvalue weighted by Gasteiger charge is 2.10. The topological polar surface area (TPSA) is 56.7 Å². The standard InChI is InChI=1S/C16H18N4/c1-20-11-15(18-19-20)10-14(17)9-13-7-4-6-12-5-2-3-8-16(12)13/h2-8,11,14H,9-10,17H2,1H3. The lowest BCUT2D eigenvalue weighted by Gasteiger charge is -2.12. The summed E-state index contributed by atoms with van der Waals surface area (Å²) in [6.07, 6.45) is 3.51. The lowest BCUT2D eigenvalue weighted by atomic mass is 9.97. The first-order chi connectivity index (χ1) is 9.72. The molecule has 3 rings (SSSR count). The molecule has 1 unspecified atom stereocenters. The molecule has 0 aliphatic heterocycles. The summed E-state index contributed by atoms with van der Waals surface area (Å²) in [5.41, 5.74) is 8.50. The number of benzene rings is 2. The lowest BCUT2D eigenvalue weighted by molar-refractivity contribution is 0.653. The van der Waals surface area contributed by atoms with Gasteiger partial charge in [0.25, 0.3) is 0 Å². The van der Waals surface area contributed by atoms with Crippen LogP contribution in [0.15, 0.2) is 48.7 Å². The number of aryl methyl sites for hydroxylation is 1. The summed E-state index contributed by atoms with van der Waals surface area (Å²) in [4.78, 5) is 0. The highest BCUT2D eigenvalue weighted by Crippen LogP contribution is 2.20. The SMILES string of the molecule is Cn1cc(CC(N)Cc2cccc3ccccc23)nn1. The third-order valence-corrected chi connectivity index (χ3v) is 3.48. The molecule has 0 radical (unpaired) electrons. The van der Waals surface area contributed by atoms with Crippen molar-refractivity contribution in [2.24, 2.45) is 12.8 Å². The first kappa shape index (κ1) is 12.8. The summed E-state index contributed by atoms with van der Waals surface area (Å²) in [5.74, 6) is 0. The quantitative estimate of drug-likeness (QED) is 0.786. The van der Waals surface area contributed by atoms with Crippen molar-refractivity contribution >= 4 is 10.8 Å². The van der Waals surface area contributed by atoms with Gasteiger partial charge in [0.05, 0.1) is 5.69 Å². The number of hydrogen-bond donors (Lipinski definition) is 1. The Bertz CT molecular complexity index is 712. The van der Waals surface area contributed by atoms with E-state index < -0.39 is 0 Å². The third kappa shape index (κ3) is 2.70. The third-order valence-electron chi connectivity index (χ3n) is 3.48. The molecule has 0 bridgehead atoms. The summed E-state index contributed by atoms with van der Waals surface area (Å²) in [6.45, 7) is 0. The molecule has 2 N–H and O–H groups in total. The van der Waals surface area contributed by atoms with E-state index >= 15 is 0 Å². The van der Waals surface area contributed by atoms with Crippen molar-refractivity contribution in [1.82, 2.24) is 15.0 Å². The van der Waals surface area contributed by atoms with Crippen molar-refractivity contribution in [2.45, 2.75) is 18.9 Å². The lowest BCUT2D eigenvalue weighted by Crippen LogP contribution is -2.25. The van der Waals surface area contributed by atoms with Crippen LogP contribution in [0.25, 0.3) is 10.8 Å². The van der Waals surface area contributed by atoms with Crippen molar-refractivity contribution in [3.8, 4) is 0 Å². The van der Waals surface area contributed by atoms with E-state index in [0.29, 0.717) is 0 Å². The molecule has 102 valence electrons. The van der Waals surface area contributed by atoms with Crippen LogP contribution >= 0.6 is 0 Å². The smallest absolute Gasteiger partial charge is 0.0842 e. The maximum atomic E-state index is 6.26. The highest BCUT2D eigenvalue weighted by atomic mass is 15.4. The summed E-state index contributed by atoms with van der Waals surface area (Å²) in [6, 6.07) is 14.8. The van der Waals surface area contributed by atoms with Gasteiger partial charge in [0, 0.05) is 25.7 Å². The van der Waals surface area contributed by atoms with Gasteiger partial charge in [-0.05, 0) is 22.8 Å². The predicted molar refractivity (Wildman–Crippen MR) is 80.3 cm³/mol. The molecule has 0 saturated carbocycles. The summed E-state index contributed by atoms with van der Waals surface area (Å²) in [7, 11) is 1.87. The first-order valence-electron chi connectivity index (χ1n) is 6.80. The van der Waals surface area contributed by atoms with Gasteiger partial charge in [0.2, 0.25) is 0 Å². The second-order valence-electron chi connectivity index (χ2n) is 5.19. The van der Waals surface area contributed by atoms with E-state index in [9.17, 15) is 0 Å². The first-order valence-corrected chi connectivity index (χ1v) is 6.80. The van der Waals surface area contributed by atoms with E-state index in [-0.39, 0.29) is 6.04 Å². The normalized spacial score (nSPS) is 12.7. The van der Waals surface area contributed by atoms with Crippen LogP contribution < -0.4 is 5.73 Å². The monoisotopic (exact) mass is 266 g/mol. The minimum Gasteiger partial charge on any atom is -0.327 e. The van der Waals surface area contributed by atoms with Gasteiger partial charge in [0.15, 0.2) is 0 Å². The summed E-state index contributed by atoms with van der Waals surface area (Å²) >= 11 is 0. The molecule has 1 atom stereocenters. The highest BCUT2D eigenvalue weighted by molar-refractivity contribution is 5.85. The van der Waals surface area contributed by atoms with Crippen LogP contribution in [-0.4, -0.2) is 21.0 Å². The van der Waals surface area contributed by atoms with Crippen LogP contribution in [-0.2, 0) is 19.9 Å². The zero-order valence-electron chi connectivity index (χ0n) is 11.5.